The van der Waals surface area contributed by atoms with E-state index in [1.54, 1.807) is 20.3 Å². The summed E-state index contributed by atoms with van der Waals surface area (Å²) in [5, 5.41) is 8.06. The van der Waals surface area contributed by atoms with Gasteiger partial charge in [-0.3, -0.25) is 11.3 Å². The maximum absolute atomic E-state index is 5.61. The van der Waals surface area contributed by atoms with E-state index in [9.17, 15) is 0 Å². The molecule has 0 spiro atoms. The molecule has 0 saturated carbocycles. The number of aromatic nitrogens is 2. The highest BCUT2D eigenvalue weighted by molar-refractivity contribution is 5.29. The van der Waals surface area contributed by atoms with Crippen LogP contribution in [0.1, 0.15) is 17.3 Å². The van der Waals surface area contributed by atoms with Gasteiger partial charge in [-0.1, -0.05) is 12.1 Å². The van der Waals surface area contributed by atoms with Crippen LogP contribution in [0.2, 0.25) is 0 Å². The van der Waals surface area contributed by atoms with E-state index in [1.165, 1.54) is 0 Å². The van der Waals surface area contributed by atoms with Crippen LogP contribution >= 0.6 is 0 Å². The zero-order valence-electron chi connectivity index (χ0n) is 11.5. The van der Waals surface area contributed by atoms with Crippen molar-refractivity contribution >= 4 is 0 Å². The van der Waals surface area contributed by atoms with Gasteiger partial charge >= 0.3 is 0 Å². The van der Waals surface area contributed by atoms with Gasteiger partial charge in [-0.25, -0.2) is 0 Å². The van der Waals surface area contributed by atoms with E-state index in [1.807, 2.05) is 30.3 Å². The van der Waals surface area contributed by atoms with Crippen LogP contribution in [-0.4, -0.2) is 24.4 Å². The van der Waals surface area contributed by atoms with E-state index in [0.29, 0.717) is 12.3 Å². The fourth-order valence-electron chi connectivity index (χ4n) is 1.91. The summed E-state index contributed by atoms with van der Waals surface area (Å²) in [5.41, 5.74) is 4.62. The predicted octanol–water partition coefficient (Wildman–Crippen LogP) is 1.24. The minimum atomic E-state index is -0.125. The van der Waals surface area contributed by atoms with Gasteiger partial charge < -0.3 is 9.47 Å². The van der Waals surface area contributed by atoms with Gasteiger partial charge in [-0.05, 0) is 30.2 Å². The molecule has 106 valence electrons. The second kappa shape index (κ2) is 6.83. The molecule has 1 atom stereocenters. The van der Waals surface area contributed by atoms with Gasteiger partial charge in [-0.15, -0.1) is 5.10 Å². The minimum absolute atomic E-state index is 0.125. The highest BCUT2D eigenvalue weighted by Gasteiger charge is 2.13. The SMILES string of the molecule is COc1cccc(CC(NN)c2ccc(OC)nn2)c1. The first-order valence-corrected chi connectivity index (χ1v) is 6.23. The van der Waals surface area contributed by atoms with E-state index in [0.717, 1.165) is 17.0 Å². The van der Waals surface area contributed by atoms with Crippen LogP contribution in [0.3, 0.4) is 0 Å². The standard InChI is InChI=1S/C14H18N4O2/c1-19-11-5-3-4-10(8-11)9-13(16-15)12-6-7-14(20-2)18-17-12/h3-8,13,16H,9,15H2,1-2H3. The molecule has 2 rings (SSSR count). The molecule has 0 aliphatic carbocycles. The van der Waals surface area contributed by atoms with E-state index in [-0.39, 0.29) is 6.04 Å². The zero-order valence-corrected chi connectivity index (χ0v) is 11.5. The number of methoxy groups -OCH3 is 2. The van der Waals surface area contributed by atoms with Gasteiger partial charge in [0.1, 0.15) is 5.75 Å². The van der Waals surface area contributed by atoms with Crippen molar-refractivity contribution in [2.24, 2.45) is 5.84 Å². The summed E-state index contributed by atoms with van der Waals surface area (Å²) in [4.78, 5) is 0. The molecule has 0 radical (unpaired) electrons. The summed E-state index contributed by atoms with van der Waals surface area (Å²) in [6, 6.07) is 11.3. The smallest absolute Gasteiger partial charge is 0.233 e. The summed E-state index contributed by atoms with van der Waals surface area (Å²) in [7, 11) is 3.20. The van der Waals surface area contributed by atoms with Crippen LogP contribution in [0.15, 0.2) is 36.4 Å². The van der Waals surface area contributed by atoms with Crippen molar-refractivity contribution in [2.75, 3.05) is 14.2 Å². The lowest BCUT2D eigenvalue weighted by Gasteiger charge is -2.15. The van der Waals surface area contributed by atoms with Gasteiger partial charge in [0.25, 0.3) is 0 Å². The molecule has 0 saturated heterocycles. The van der Waals surface area contributed by atoms with Crippen molar-refractivity contribution in [1.82, 2.24) is 15.6 Å². The number of ether oxygens (including phenoxy) is 2. The lowest BCUT2D eigenvalue weighted by Crippen LogP contribution is -2.30. The largest absolute Gasteiger partial charge is 0.497 e. The Morgan fingerprint density at radius 1 is 1.15 bits per heavy atom. The summed E-state index contributed by atoms with van der Waals surface area (Å²) in [6.07, 6.45) is 0.689. The van der Waals surface area contributed by atoms with Crippen molar-refractivity contribution in [3.8, 4) is 11.6 Å². The summed E-state index contributed by atoms with van der Waals surface area (Å²) < 4.78 is 10.2. The van der Waals surface area contributed by atoms with Gasteiger partial charge in [0.15, 0.2) is 0 Å². The molecule has 0 amide bonds. The number of hydrogen-bond acceptors (Lipinski definition) is 6. The first-order valence-electron chi connectivity index (χ1n) is 6.23. The molecule has 0 aliphatic rings. The van der Waals surface area contributed by atoms with Crippen LogP contribution in [-0.2, 0) is 6.42 Å². The van der Waals surface area contributed by atoms with Crippen molar-refractivity contribution in [2.45, 2.75) is 12.5 Å². The molecule has 6 nitrogen and oxygen atoms in total. The summed E-state index contributed by atoms with van der Waals surface area (Å²) in [6.45, 7) is 0. The number of nitrogens with zero attached hydrogens (tertiary/aromatic N) is 2. The Morgan fingerprint density at radius 2 is 2.00 bits per heavy atom. The number of nitrogens with one attached hydrogen (secondary N) is 1. The highest BCUT2D eigenvalue weighted by atomic mass is 16.5. The van der Waals surface area contributed by atoms with Crippen LogP contribution in [0.5, 0.6) is 11.6 Å². The lowest BCUT2D eigenvalue weighted by molar-refractivity contribution is 0.389. The highest BCUT2D eigenvalue weighted by Crippen LogP contribution is 2.20. The number of hydrazine groups is 1. The topological polar surface area (TPSA) is 82.3 Å². The normalized spacial score (nSPS) is 11.9. The molecule has 2 aromatic rings. The minimum Gasteiger partial charge on any atom is -0.497 e. The molecule has 1 heterocycles. The Hall–Kier alpha value is -2.18. The van der Waals surface area contributed by atoms with E-state index >= 15 is 0 Å². The predicted molar refractivity (Wildman–Crippen MR) is 75.3 cm³/mol. The number of hydrogen-bond donors (Lipinski definition) is 2. The number of benzene rings is 1. The van der Waals surface area contributed by atoms with Gasteiger partial charge in [0.2, 0.25) is 5.88 Å². The zero-order chi connectivity index (χ0) is 14.4. The van der Waals surface area contributed by atoms with Crippen LogP contribution < -0.4 is 20.7 Å². The second-order valence-electron chi connectivity index (χ2n) is 4.28. The van der Waals surface area contributed by atoms with Gasteiger partial charge in [0, 0.05) is 6.07 Å². The van der Waals surface area contributed by atoms with Gasteiger partial charge in [-0.2, -0.15) is 5.10 Å². The monoisotopic (exact) mass is 274 g/mol. The van der Waals surface area contributed by atoms with Crippen molar-refractivity contribution in [3.63, 3.8) is 0 Å². The molecule has 0 bridgehead atoms. The third kappa shape index (κ3) is 3.43. The maximum atomic E-state index is 5.61. The lowest BCUT2D eigenvalue weighted by atomic mass is 10.0. The van der Waals surface area contributed by atoms with Crippen LogP contribution in [0.25, 0.3) is 0 Å². The second-order valence-corrected chi connectivity index (χ2v) is 4.28. The van der Waals surface area contributed by atoms with Crippen LogP contribution in [0, 0.1) is 0 Å². The Kier molecular flexibility index (Phi) is 4.86. The number of rotatable bonds is 6. The molecular formula is C14H18N4O2. The van der Waals surface area contributed by atoms with E-state index in [4.69, 9.17) is 15.3 Å². The van der Waals surface area contributed by atoms with E-state index in [2.05, 4.69) is 15.6 Å². The third-order valence-electron chi connectivity index (χ3n) is 3.00. The average molecular weight is 274 g/mol. The van der Waals surface area contributed by atoms with Gasteiger partial charge in [0.05, 0.1) is 26.0 Å². The Bertz CT molecular complexity index is 545. The Morgan fingerprint density at radius 3 is 2.60 bits per heavy atom. The van der Waals surface area contributed by atoms with Crippen molar-refractivity contribution in [3.05, 3.63) is 47.7 Å². The molecule has 0 aliphatic heterocycles. The van der Waals surface area contributed by atoms with Crippen LogP contribution in [0.4, 0.5) is 0 Å². The fraction of sp³-hybridized carbons (Fsp3) is 0.286. The molecule has 1 aromatic carbocycles. The third-order valence-corrected chi connectivity index (χ3v) is 3.00. The molecule has 1 unspecified atom stereocenters. The fourth-order valence-corrected chi connectivity index (χ4v) is 1.91. The Balaban J connectivity index is 2.14. The molecule has 6 heteroatoms. The quantitative estimate of drug-likeness (QED) is 0.609. The average Bonchev–Trinajstić information content (AvgIpc) is 2.53. The Labute approximate surface area is 117 Å². The first kappa shape index (κ1) is 14.2. The molecule has 1 aromatic heterocycles. The summed E-state index contributed by atoms with van der Waals surface area (Å²) >= 11 is 0. The van der Waals surface area contributed by atoms with Crippen molar-refractivity contribution in [1.29, 1.82) is 0 Å². The first-order chi connectivity index (χ1) is 9.76. The number of nitrogens with two attached hydrogens (primary N) is 1. The maximum Gasteiger partial charge on any atom is 0.233 e. The summed E-state index contributed by atoms with van der Waals surface area (Å²) in [5.74, 6) is 6.91. The molecule has 3 N–H and O–H groups in total. The molecule has 20 heavy (non-hydrogen) atoms. The van der Waals surface area contributed by atoms with E-state index < -0.39 is 0 Å². The van der Waals surface area contributed by atoms with Crippen molar-refractivity contribution < 1.29 is 9.47 Å². The molecular weight excluding hydrogens is 256 g/mol. The molecule has 0 fully saturated rings.